The van der Waals surface area contributed by atoms with Crippen molar-refractivity contribution in [2.24, 2.45) is 0 Å². The number of carbonyl (C=O) groups excluding carboxylic acids is 5. The van der Waals surface area contributed by atoms with Crippen LogP contribution in [-0.2, 0) is 19.1 Å². The number of nitrogens with zero attached hydrogens (tertiary/aromatic N) is 3. The molecule has 1 aromatic rings. The second kappa shape index (κ2) is 8.18. The number of esters is 1. The Kier molecular flexibility index (Phi) is 5.57. The van der Waals surface area contributed by atoms with E-state index in [0.29, 0.717) is 6.42 Å². The molecule has 9 nitrogen and oxygen atoms in total. The Labute approximate surface area is 177 Å². The van der Waals surface area contributed by atoms with E-state index in [2.05, 4.69) is 0 Å². The number of likely N-dealkylation sites (tertiary alicyclic amines) is 2. The van der Waals surface area contributed by atoms with Crippen molar-refractivity contribution in [2.45, 2.75) is 37.8 Å². The van der Waals surface area contributed by atoms with E-state index in [0.717, 1.165) is 28.8 Å². The van der Waals surface area contributed by atoms with E-state index in [9.17, 15) is 28.4 Å². The summed E-state index contributed by atoms with van der Waals surface area (Å²) in [4.78, 5) is 66.3. The van der Waals surface area contributed by atoms with E-state index in [1.807, 2.05) is 11.9 Å². The Bertz CT molecular complexity index is 980. The number of likely N-dealkylation sites (N-methyl/N-ethyl adjacent to an activating group) is 1. The first kappa shape index (κ1) is 21.1. The summed E-state index contributed by atoms with van der Waals surface area (Å²) in [5.41, 5.74) is -0.464. The van der Waals surface area contributed by atoms with Crippen LogP contribution in [0.15, 0.2) is 18.2 Å². The van der Waals surface area contributed by atoms with Crippen molar-refractivity contribution >= 4 is 29.6 Å². The van der Waals surface area contributed by atoms with Gasteiger partial charge in [-0.05, 0) is 45.0 Å². The molecule has 164 valence electrons. The molecule has 0 aromatic heterocycles. The average Bonchev–Trinajstić information content (AvgIpc) is 3.27. The number of hydrogen-bond donors (Lipinski definition) is 0. The summed E-state index contributed by atoms with van der Waals surface area (Å²) in [5, 5.41) is 0. The fourth-order valence-corrected chi connectivity index (χ4v) is 4.38. The zero-order chi connectivity index (χ0) is 22.3. The fourth-order valence-electron chi connectivity index (χ4n) is 4.38. The third kappa shape index (κ3) is 3.60. The van der Waals surface area contributed by atoms with Crippen LogP contribution in [0.1, 0.15) is 46.4 Å². The molecule has 1 unspecified atom stereocenters. The molecule has 3 aliphatic heterocycles. The van der Waals surface area contributed by atoms with Crippen LogP contribution in [0.3, 0.4) is 0 Å². The Morgan fingerprint density at radius 2 is 1.94 bits per heavy atom. The van der Waals surface area contributed by atoms with Crippen molar-refractivity contribution in [1.29, 1.82) is 0 Å². The Morgan fingerprint density at radius 3 is 2.61 bits per heavy atom. The van der Waals surface area contributed by atoms with Gasteiger partial charge < -0.3 is 4.74 Å². The van der Waals surface area contributed by atoms with Crippen LogP contribution in [0.25, 0.3) is 0 Å². The van der Waals surface area contributed by atoms with E-state index in [1.165, 1.54) is 12.1 Å². The second-order valence-corrected chi connectivity index (χ2v) is 7.89. The average molecular weight is 431 g/mol. The van der Waals surface area contributed by atoms with Crippen molar-refractivity contribution in [3.8, 4) is 0 Å². The van der Waals surface area contributed by atoms with Crippen molar-refractivity contribution < 1.29 is 33.1 Å². The highest BCUT2D eigenvalue weighted by Gasteiger charge is 2.47. The van der Waals surface area contributed by atoms with Gasteiger partial charge in [-0.2, -0.15) is 0 Å². The molecular weight excluding hydrogens is 409 g/mol. The number of piperidine rings is 1. The molecule has 3 heterocycles. The number of imide groups is 2. The first-order valence-corrected chi connectivity index (χ1v) is 10.2. The molecule has 0 saturated carbocycles. The molecule has 10 heteroatoms. The minimum Gasteiger partial charge on any atom is -0.463 e. The molecule has 0 bridgehead atoms. The Morgan fingerprint density at radius 1 is 1.16 bits per heavy atom. The Balaban J connectivity index is 1.43. The zero-order valence-corrected chi connectivity index (χ0v) is 17.0. The van der Waals surface area contributed by atoms with E-state index in [1.54, 1.807) is 0 Å². The molecule has 4 rings (SSSR count). The van der Waals surface area contributed by atoms with Crippen LogP contribution in [0.5, 0.6) is 0 Å². The number of amides is 4. The third-order valence-corrected chi connectivity index (χ3v) is 6.04. The van der Waals surface area contributed by atoms with Crippen molar-refractivity contribution in [3.05, 3.63) is 35.1 Å². The normalized spacial score (nSPS) is 24.2. The Hall–Kier alpha value is -3.14. The van der Waals surface area contributed by atoms with Crippen molar-refractivity contribution in [1.82, 2.24) is 14.7 Å². The van der Waals surface area contributed by atoms with E-state index in [-0.39, 0.29) is 43.2 Å². The number of fused-ring (bicyclic) bond motifs is 1. The second-order valence-electron chi connectivity index (χ2n) is 7.89. The van der Waals surface area contributed by atoms with Gasteiger partial charge >= 0.3 is 5.97 Å². The van der Waals surface area contributed by atoms with Gasteiger partial charge in [0, 0.05) is 6.42 Å². The lowest BCUT2D eigenvalue weighted by molar-refractivity contribution is -0.157. The largest absolute Gasteiger partial charge is 0.463 e. The molecule has 0 spiro atoms. The topological polar surface area (TPSA) is 104 Å². The molecule has 0 aliphatic carbocycles. The van der Waals surface area contributed by atoms with Crippen LogP contribution >= 0.6 is 0 Å². The van der Waals surface area contributed by atoms with Gasteiger partial charge in [-0.15, -0.1) is 0 Å². The number of rotatable bonds is 5. The molecule has 2 fully saturated rings. The first-order valence-electron chi connectivity index (χ1n) is 10.2. The lowest BCUT2D eigenvalue weighted by Gasteiger charge is -2.34. The maximum absolute atomic E-state index is 14.1. The standard InChI is InChI=1S/C21H22FN3O6/c1-23-9-3-6-15(23)21(30)31-11-10-24-16(26)8-7-14(19(24)28)25-18(27)12-4-2-5-13(22)17(12)20(25)29/h2,4-5,14-15H,3,6-11H2,1H3/t14?,15-/m0/s1. The quantitative estimate of drug-likeness (QED) is 0.496. The molecule has 3 aliphatic rings. The smallest absolute Gasteiger partial charge is 0.323 e. The summed E-state index contributed by atoms with van der Waals surface area (Å²) in [5.74, 6) is -4.11. The SMILES string of the molecule is CN1CCC[C@H]1C(=O)OCCN1C(=O)CCC(N2C(=O)c3cccc(F)c3C2=O)C1=O. The highest BCUT2D eigenvalue weighted by Crippen LogP contribution is 2.30. The summed E-state index contributed by atoms with van der Waals surface area (Å²) in [7, 11) is 1.83. The number of benzene rings is 1. The van der Waals surface area contributed by atoms with E-state index in [4.69, 9.17) is 4.74 Å². The molecule has 31 heavy (non-hydrogen) atoms. The monoisotopic (exact) mass is 431 g/mol. The number of carbonyl (C=O) groups is 5. The summed E-state index contributed by atoms with van der Waals surface area (Å²) in [6.07, 6.45) is 1.48. The fraction of sp³-hybridized carbons (Fsp3) is 0.476. The van der Waals surface area contributed by atoms with Gasteiger partial charge in [0.15, 0.2) is 0 Å². The van der Waals surface area contributed by atoms with Crippen LogP contribution < -0.4 is 0 Å². The van der Waals surface area contributed by atoms with Gasteiger partial charge in [0.1, 0.15) is 24.5 Å². The van der Waals surface area contributed by atoms with Crippen molar-refractivity contribution in [3.63, 3.8) is 0 Å². The predicted molar refractivity (Wildman–Crippen MR) is 103 cm³/mol. The summed E-state index contributed by atoms with van der Waals surface area (Å²) in [6, 6.07) is 2.17. The molecular formula is C21H22FN3O6. The lowest BCUT2D eigenvalue weighted by Crippen LogP contribution is -2.56. The van der Waals surface area contributed by atoms with Crippen molar-refractivity contribution in [2.75, 3.05) is 26.7 Å². The minimum atomic E-state index is -1.21. The molecule has 4 amide bonds. The highest BCUT2D eigenvalue weighted by atomic mass is 19.1. The number of ether oxygens (including phenoxy) is 1. The van der Waals surface area contributed by atoms with Gasteiger partial charge in [-0.1, -0.05) is 6.07 Å². The van der Waals surface area contributed by atoms with Crippen LogP contribution in [-0.4, -0.2) is 83.1 Å². The number of hydrogen-bond acceptors (Lipinski definition) is 7. The first-order chi connectivity index (χ1) is 14.8. The van der Waals surface area contributed by atoms with Gasteiger partial charge in [0.05, 0.1) is 17.7 Å². The van der Waals surface area contributed by atoms with Crippen LogP contribution in [0.4, 0.5) is 4.39 Å². The molecule has 2 atom stereocenters. The summed E-state index contributed by atoms with van der Waals surface area (Å²) >= 11 is 0. The molecule has 0 radical (unpaired) electrons. The third-order valence-electron chi connectivity index (χ3n) is 6.04. The van der Waals surface area contributed by atoms with E-state index < -0.39 is 41.5 Å². The maximum Gasteiger partial charge on any atom is 0.323 e. The van der Waals surface area contributed by atoms with Gasteiger partial charge in [0.25, 0.3) is 17.7 Å². The summed E-state index contributed by atoms with van der Waals surface area (Å²) < 4.78 is 19.3. The van der Waals surface area contributed by atoms with Crippen LogP contribution in [0, 0.1) is 5.82 Å². The molecule has 1 aromatic carbocycles. The highest BCUT2D eigenvalue weighted by molar-refractivity contribution is 6.23. The lowest BCUT2D eigenvalue weighted by atomic mass is 10.0. The predicted octanol–water partition coefficient (Wildman–Crippen LogP) is 0.577. The summed E-state index contributed by atoms with van der Waals surface area (Å²) in [6.45, 7) is 0.448. The minimum absolute atomic E-state index is 0.0338. The van der Waals surface area contributed by atoms with Crippen LogP contribution in [0.2, 0.25) is 0 Å². The van der Waals surface area contributed by atoms with Gasteiger partial charge in [-0.3, -0.25) is 38.7 Å². The molecule has 0 N–H and O–H groups in total. The van der Waals surface area contributed by atoms with Gasteiger partial charge in [-0.25, -0.2) is 4.39 Å². The van der Waals surface area contributed by atoms with E-state index >= 15 is 0 Å². The van der Waals surface area contributed by atoms with Gasteiger partial charge in [0.2, 0.25) is 5.91 Å². The zero-order valence-electron chi connectivity index (χ0n) is 17.0. The maximum atomic E-state index is 14.1. The number of halogens is 1. The molecule has 2 saturated heterocycles.